The molecule has 132 valence electrons. The first kappa shape index (κ1) is 17.0. The number of carbonyl (C=O) groups excluding carboxylic acids is 1. The molecule has 0 bridgehead atoms. The summed E-state index contributed by atoms with van der Waals surface area (Å²) in [5.41, 5.74) is 2.45. The summed E-state index contributed by atoms with van der Waals surface area (Å²) in [5.74, 6) is 0.835. The van der Waals surface area contributed by atoms with Gasteiger partial charge in [0.2, 0.25) is 6.41 Å². The van der Waals surface area contributed by atoms with Crippen molar-refractivity contribution in [2.24, 2.45) is 0 Å². The molecular weight excluding hydrogens is 316 g/mol. The largest absolute Gasteiger partial charge is 0.487 e. The first-order valence-electron chi connectivity index (χ1n) is 8.19. The number of piperazine rings is 1. The Kier molecular flexibility index (Phi) is 4.62. The molecule has 0 spiro atoms. The van der Waals surface area contributed by atoms with Crippen LogP contribution in [0.25, 0.3) is 0 Å². The van der Waals surface area contributed by atoms with Gasteiger partial charge in [-0.1, -0.05) is 0 Å². The van der Waals surface area contributed by atoms with Gasteiger partial charge in [0, 0.05) is 44.2 Å². The summed E-state index contributed by atoms with van der Waals surface area (Å²) >= 11 is 0. The summed E-state index contributed by atoms with van der Waals surface area (Å²) in [6, 6.07) is 3.91. The van der Waals surface area contributed by atoms with Gasteiger partial charge in [0.1, 0.15) is 11.4 Å². The molecular formula is C17H23F2N3O2. The van der Waals surface area contributed by atoms with Crippen molar-refractivity contribution in [3.8, 4) is 5.75 Å². The highest BCUT2D eigenvalue weighted by Crippen LogP contribution is 2.41. The molecule has 2 aliphatic rings. The van der Waals surface area contributed by atoms with Gasteiger partial charge in [-0.2, -0.15) is 0 Å². The minimum atomic E-state index is -2.31. The molecule has 24 heavy (non-hydrogen) atoms. The fraction of sp³-hybridized carbons (Fsp3) is 0.588. The van der Waals surface area contributed by atoms with Gasteiger partial charge in [-0.15, -0.1) is 0 Å². The fourth-order valence-corrected chi connectivity index (χ4v) is 3.45. The first-order chi connectivity index (χ1) is 11.4. The van der Waals surface area contributed by atoms with Crippen LogP contribution in [0.4, 0.5) is 20.2 Å². The lowest BCUT2D eigenvalue weighted by molar-refractivity contribution is -0.105. The number of hydrogen-bond acceptors (Lipinski definition) is 4. The monoisotopic (exact) mass is 339 g/mol. The molecule has 0 unspecified atom stereocenters. The summed E-state index contributed by atoms with van der Waals surface area (Å²) in [4.78, 5) is 14.8. The van der Waals surface area contributed by atoms with Gasteiger partial charge in [0.25, 0.3) is 6.43 Å². The molecule has 0 saturated carbocycles. The van der Waals surface area contributed by atoms with E-state index in [1.807, 2.05) is 26.0 Å². The van der Waals surface area contributed by atoms with Crippen LogP contribution in [0.5, 0.6) is 5.75 Å². The third-order valence-electron chi connectivity index (χ3n) is 4.50. The van der Waals surface area contributed by atoms with E-state index in [0.717, 1.165) is 29.1 Å². The quantitative estimate of drug-likeness (QED) is 0.837. The molecule has 0 aliphatic carbocycles. The van der Waals surface area contributed by atoms with E-state index in [9.17, 15) is 13.6 Å². The van der Waals surface area contributed by atoms with Gasteiger partial charge in [0.15, 0.2) is 0 Å². The van der Waals surface area contributed by atoms with Crippen LogP contribution in [0.1, 0.15) is 19.4 Å². The van der Waals surface area contributed by atoms with Gasteiger partial charge in [-0.3, -0.25) is 9.69 Å². The van der Waals surface area contributed by atoms with E-state index in [2.05, 4.69) is 10.2 Å². The highest BCUT2D eigenvalue weighted by molar-refractivity contribution is 5.83. The molecule has 2 heterocycles. The number of benzene rings is 1. The second-order valence-corrected chi connectivity index (χ2v) is 6.96. The maximum atomic E-state index is 12.5. The third kappa shape index (κ3) is 3.61. The fourth-order valence-electron chi connectivity index (χ4n) is 3.45. The van der Waals surface area contributed by atoms with E-state index in [0.29, 0.717) is 32.6 Å². The Bertz CT molecular complexity index is 614. The molecule has 2 aliphatic heterocycles. The molecule has 0 radical (unpaired) electrons. The number of rotatable bonds is 5. The molecule has 1 amide bonds. The number of alkyl halides is 2. The molecule has 1 N–H and O–H groups in total. The number of nitrogens with one attached hydrogen (secondary N) is 1. The molecule has 3 rings (SSSR count). The maximum Gasteiger partial charge on any atom is 0.251 e. The zero-order valence-corrected chi connectivity index (χ0v) is 14.0. The van der Waals surface area contributed by atoms with Gasteiger partial charge in [-0.25, -0.2) is 8.78 Å². The predicted octanol–water partition coefficient (Wildman–Crippen LogP) is 2.36. The van der Waals surface area contributed by atoms with Crippen LogP contribution in [-0.2, 0) is 11.2 Å². The topological polar surface area (TPSA) is 44.8 Å². The summed E-state index contributed by atoms with van der Waals surface area (Å²) in [6.07, 6.45) is -0.850. The highest BCUT2D eigenvalue weighted by atomic mass is 19.3. The van der Waals surface area contributed by atoms with Crippen molar-refractivity contribution in [3.05, 3.63) is 17.7 Å². The second kappa shape index (κ2) is 6.55. The lowest BCUT2D eigenvalue weighted by atomic mass is 10.0. The number of carbonyl (C=O) groups is 1. The minimum Gasteiger partial charge on any atom is -0.487 e. The lowest BCUT2D eigenvalue weighted by Crippen LogP contribution is -2.48. The van der Waals surface area contributed by atoms with Crippen molar-refractivity contribution >= 4 is 17.8 Å². The molecule has 1 saturated heterocycles. The van der Waals surface area contributed by atoms with Crippen LogP contribution in [0, 0.1) is 0 Å². The Morgan fingerprint density at radius 1 is 1.29 bits per heavy atom. The molecule has 1 aromatic carbocycles. The summed E-state index contributed by atoms with van der Waals surface area (Å²) in [5, 5.41) is 2.76. The normalized spacial score (nSPS) is 20.0. The van der Waals surface area contributed by atoms with Gasteiger partial charge >= 0.3 is 0 Å². The summed E-state index contributed by atoms with van der Waals surface area (Å²) in [6.45, 7) is 6.31. The summed E-state index contributed by atoms with van der Waals surface area (Å²) in [7, 11) is 0. The molecule has 1 fully saturated rings. The van der Waals surface area contributed by atoms with Gasteiger partial charge in [0.05, 0.1) is 17.9 Å². The van der Waals surface area contributed by atoms with Gasteiger partial charge < -0.3 is 15.0 Å². The minimum absolute atomic E-state index is 0.186. The van der Waals surface area contributed by atoms with Crippen molar-refractivity contribution in [3.63, 3.8) is 0 Å². The molecule has 5 nitrogen and oxygen atoms in total. The Hall–Kier alpha value is -1.89. The third-order valence-corrected chi connectivity index (χ3v) is 4.50. The lowest BCUT2D eigenvalue weighted by Gasteiger charge is -2.36. The number of nitrogens with zero attached hydrogens (tertiary/aromatic N) is 2. The van der Waals surface area contributed by atoms with E-state index in [1.54, 1.807) is 4.90 Å². The van der Waals surface area contributed by atoms with E-state index in [4.69, 9.17) is 4.74 Å². The zero-order valence-electron chi connectivity index (χ0n) is 14.0. The maximum absolute atomic E-state index is 12.5. The number of halogens is 2. The Balaban J connectivity index is 1.79. The summed E-state index contributed by atoms with van der Waals surface area (Å²) < 4.78 is 31.0. The van der Waals surface area contributed by atoms with Crippen LogP contribution in [0.2, 0.25) is 0 Å². The SMILES string of the molecule is CC1(C)Cc2cc(NC=O)c(N3CCN(CC(F)F)CC3)cc2O1. The van der Waals surface area contributed by atoms with Crippen molar-refractivity contribution < 1.29 is 18.3 Å². The van der Waals surface area contributed by atoms with Crippen LogP contribution >= 0.6 is 0 Å². The van der Waals surface area contributed by atoms with Crippen LogP contribution in [-0.4, -0.2) is 56.1 Å². The number of ether oxygens (including phenoxy) is 1. The van der Waals surface area contributed by atoms with E-state index < -0.39 is 6.43 Å². The smallest absolute Gasteiger partial charge is 0.251 e. The number of amides is 1. The Morgan fingerprint density at radius 2 is 2.00 bits per heavy atom. The first-order valence-corrected chi connectivity index (χ1v) is 8.19. The molecule has 1 aromatic rings. The highest BCUT2D eigenvalue weighted by Gasteiger charge is 2.32. The van der Waals surface area contributed by atoms with E-state index in [1.165, 1.54) is 0 Å². The van der Waals surface area contributed by atoms with Crippen molar-refractivity contribution in [1.29, 1.82) is 0 Å². The second-order valence-electron chi connectivity index (χ2n) is 6.96. The zero-order chi connectivity index (χ0) is 17.3. The number of anilines is 2. The standard InChI is InChI=1S/C17H23F2N3O2/c1-17(2)9-12-7-13(20-11-23)14(8-15(12)24-17)22-5-3-21(4-6-22)10-16(18)19/h7-8,11,16H,3-6,9-10H2,1-2H3,(H,20,23). The average molecular weight is 339 g/mol. The van der Waals surface area contributed by atoms with Gasteiger partial charge in [-0.05, 0) is 19.9 Å². The predicted molar refractivity (Wildman–Crippen MR) is 89.2 cm³/mol. The van der Waals surface area contributed by atoms with Crippen LogP contribution < -0.4 is 15.0 Å². The number of hydrogen-bond donors (Lipinski definition) is 1. The number of fused-ring (bicyclic) bond motifs is 1. The van der Waals surface area contributed by atoms with Crippen LogP contribution in [0.3, 0.4) is 0 Å². The molecule has 0 aromatic heterocycles. The van der Waals surface area contributed by atoms with Crippen molar-refractivity contribution in [2.75, 3.05) is 42.9 Å². The van der Waals surface area contributed by atoms with E-state index in [-0.39, 0.29) is 12.1 Å². The average Bonchev–Trinajstić information content (AvgIpc) is 2.80. The van der Waals surface area contributed by atoms with Crippen molar-refractivity contribution in [2.45, 2.75) is 32.3 Å². The Morgan fingerprint density at radius 3 is 2.62 bits per heavy atom. The van der Waals surface area contributed by atoms with E-state index >= 15 is 0 Å². The molecule has 0 atom stereocenters. The Labute approximate surface area is 140 Å². The van der Waals surface area contributed by atoms with Crippen LogP contribution in [0.15, 0.2) is 12.1 Å². The van der Waals surface area contributed by atoms with Crippen molar-refractivity contribution in [1.82, 2.24) is 4.90 Å². The molecule has 7 heteroatoms.